The number of carbonyl (C=O) groups is 3. The van der Waals surface area contributed by atoms with Crippen molar-refractivity contribution in [2.75, 3.05) is 7.11 Å². The van der Waals surface area contributed by atoms with Gasteiger partial charge in [-0.2, -0.15) is 5.10 Å². The molecule has 0 bridgehead atoms. The van der Waals surface area contributed by atoms with Crippen molar-refractivity contribution in [3.8, 4) is 5.75 Å². The van der Waals surface area contributed by atoms with Crippen molar-refractivity contribution in [2.24, 2.45) is 5.10 Å². The minimum absolute atomic E-state index is 0.708. The van der Waals surface area contributed by atoms with Crippen LogP contribution in [-0.4, -0.2) is 37.2 Å². The third-order valence-electron chi connectivity index (χ3n) is 2.53. The Kier molecular flexibility index (Phi) is 3.94. The number of rotatable bonds is 4. The Balaban J connectivity index is 1.96. The fourth-order valence-electron chi connectivity index (χ4n) is 1.51. The summed E-state index contributed by atoms with van der Waals surface area (Å²) >= 11 is 0. The molecule has 1 aliphatic rings. The summed E-state index contributed by atoms with van der Waals surface area (Å²) in [6.45, 7) is 0. The van der Waals surface area contributed by atoms with Crippen LogP contribution in [0.25, 0.3) is 0 Å². The lowest BCUT2D eigenvalue weighted by atomic mass is 10.2. The average molecular weight is 276 g/mol. The highest BCUT2D eigenvalue weighted by atomic mass is 16.5. The van der Waals surface area contributed by atoms with Crippen molar-refractivity contribution in [1.82, 2.24) is 16.1 Å². The number of hydrazone groups is 1. The fraction of sp³-hybridized carbons (Fsp3) is 0.167. The number of methoxy groups -OCH3 is 1. The number of hydrogen-bond donors (Lipinski definition) is 3. The molecule has 4 amide bonds. The molecule has 1 saturated heterocycles. The van der Waals surface area contributed by atoms with E-state index in [9.17, 15) is 14.4 Å². The minimum Gasteiger partial charge on any atom is -0.497 e. The van der Waals surface area contributed by atoms with Gasteiger partial charge in [-0.05, 0) is 29.8 Å². The van der Waals surface area contributed by atoms with Crippen LogP contribution in [0.4, 0.5) is 4.79 Å². The van der Waals surface area contributed by atoms with Gasteiger partial charge in [0, 0.05) is 0 Å². The molecule has 0 saturated carbocycles. The standard InChI is InChI=1S/C12H12N4O4/c1-20-8-4-2-7(3-5-8)6-13-16-9-10(17)14-12(19)15-11(9)18/h2-6,9,16H,1H3,(H2,14,15,17,18,19)/b13-6+. The molecule has 1 aromatic carbocycles. The molecule has 0 radical (unpaired) electrons. The zero-order valence-corrected chi connectivity index (χ0v) is 10.5. The SMILES string of the molecule is COc1ccc(/C=N/NC2C(=O)NC(=O)NC2=O)cc1. The predicted octanol–water partition coefficient (Wildman–Crippen LogP) is -0.647. The van der Waals surface area contributed by atoms with Crippen LogP contribution in [0.5, 0.6) is 5.75 Å². The summed E-state index contributed by atoms with van der Waals surface area (Å²) in [7, 11) is 1.56. The number of nitrogens with zero attached hydrogens (tertiary/aromatic N) is 1. The normalized spacial score (nSPS) is 15.9. The number of hydrogen-bond acceptors (Lipinski definition) is 6. The molecule has 8 heteroatoms. The van der Waals surface area contributed by atoms with Crippen molar-refractivity contribution in [3.63, 3.8) is 0 Å². The summed E-state index contributed by atoms with van der Waals surface area (Å²) in [5, 5.41) is 7.72. The van der Waals surface area contributed by atoms with Gasteiger partial charge in [0.15, 0.2) is 0 Å². The molecular formula is C12H12N4O4. The molecule has 20 heavy (non-hydrogen) atoms. The molecule has 0 spiro atoms. The lowest BCUT2D eigenvalue weighted by Crippen LogP contribution is -2.62. The van der Waals surface area contributed by atoms with Crippen molar-refractivity contribution >= 4 is 24.1 Å². The number of nitrogens with one attached hydrogen (secondary N) is 3. The van der Waals surface area contributed by atoms with Gasteiger partial charge in [-0.15, -0.1) is 0 Å². The molecule has 1 fully saturated rings. The van der Waals surface area contributed by atoms with Crippen molar-refractivity contribution in [1.29, 1.82) is 0 Å². The van der Waals surface area contributed by atoms with Crippen LogP contribution in [-0.2, 0) is 9.59 Å². The molecular weight excluding hydrogens is 264 g/mol. The molecule has 0 atom stereocenters. The molecule has 8 nitrogen and oxygen atoms in total. The fourth-order valence-corrected chi connectivity index (χ4v) is 1.51. The van der Waals surface area contributed by atoms with E-state index in [1.807, 2.05) is 10.6 Å². The highest BCUT2D eigenvalue weighted by Gasteiger charge is 2.33. The molecule has 1 aliphatic heterocycles. The van der Waals surface area contributed by atoms with E-state index in [4.69, 9.17) is 4.74 Å². The summed E-state index contributed by atoms with van der Waals surface area (Å²) in [6.07, 6.45) is 1.44. The summed E-state index contributed by atoms with van der Waals surface area (Å²) in [4.78, 5) is 33.6. The zero-order valence-electron chi connectivity index (χ0n) is 10.5. The molecule has 1 heterocycles. The van der Waals surface area contributed by atoms with E-state index in [1.54, 1.807) is 31.4 Å². The lowest BCUT2D eigenvalue weighted by Gasteiger charge is -2.19. The number of carbonyl (C=O) groups excluding carboxylic acids is 3. The minimum atomic E-state index is -1.23. The number of benzene rings is 1. The summed E-state index contributed by atoms with van der Waals surface area (Å²) in [5.74, 6) is -0.782. The van der Waals surface area contributed by atoms with E-state index in [-0.39, 0.29) is 0 Å². The Hall–Kier alpha value is -2.90. The summed E-state index contributed by atoms with van der Waals surface area (Å²) in [6, 6.07) is 4.95. The van der Waals surface area contributed by atoms with Gasteiger partial charge in [-0.25, -0.2) is 4.79 Å². The highest BCUT2D eigenvalue weighted by Crippen LogP contribution is 2.09. The van der Waals surface area contributed by atoms with Gasteiger partial charge >= 0.3 is 6.03 Å². The molecule has 0 aromatic heterocycles. The monoisotopic (exact) mass is 276 g/mol. The van der Waals surface area contributed by atoms with Gasteiger partial charge in [0.05, 0.1) is 13.3 Å². The number of ether oxygens (including phenoxy) is 1. The Morgan fingerprint density at radius 3 is 2.30 bits per heavy atom. The quantitative estimate of drug-likeness (QED) is 0.385. The van der Waals surface area contributed by atoms with Crippen LogP contribution >= 0.6 is 0 Å². The van der Waals surface area contributed by atoms with Gasteiger partial charge in [0.2, 0.25) is 6.04 Å². The van der Waals surface area contributed by atoms with Gasteiger partial charge < -0.3 is 4.74 Å². The Morgan fingerprint density at radius 2 is 1.75 bits per heavy atom. The second kappa shape index (κ2) is 5.83. The first-order valence-electron chi connectivity index (χ1n) is 5.68. The number of urea groups is 1. The summed E-state index contributed by atoms with van der Waals surface area (Å²) in [5.41, 5.74) is 3.14. The van der Waals surface area contributed by atoms with E-state index < -0.39 is 23.9 Å². The molecule has 0 unspecified atom stereocenters. The van der Waals surface area contributed by atoms with Crippen LogP contribution in [0.3, 0.4) is 0 Å². The largest absolute Gasteiger partial charge is 0.497 e. The Labute approximate surface area is 114 Å². The van der Waals surface area contributed by atoms with Crippen LogP contribution in [0.2, 0.25) is 0 Å². The third-order valence-corrected chi connectivity index (χ3v) is 2.53. The van der Waals surface area contributed by atoms with Crippen LogP contribution in [0, 0.1) is 0 Å². The Morgan fingerprint density at radius 1 is 1.15 bits per heavy atom. The second-order valence-electron chi connectivity index (χ2n) is 3.90. The second-order valence-corrected chi connectivity index (χ2v) is 3.90. The molecule has 3 N–H and O–H groups in total. The smallest absolute Gasteiger partial charge is 0.328 e. The van der Waals surface area contributed by atoms with Crippen molar-refractivity contribution < 1.29 is 19.1 Å². The predicted molar refractivity (Wildman–Crippen MR) is 69.2 cm³/mol. The Bertz CT molecular complexity index is 547. The van der Waals surface area contributed by atoms with Crippen LogP contribution < -0.4 is 20.8 Å². The van der Waals surface area contributed by atoms with E-state index in [1.165, 1.54) is 6.21 Å². The lowest BCUT2D eigenvalue weighted by molar-refractivity contribution is -0.132. The topological polar surface area (TPSA) is 109 Å². The van der Waals surface area contributed by atoms with Gasteiger partial charge in [0.1, 0.15) is 5.75 Å². The van der Waals surface area contributed by atoms with Gasteiger partial charge in [0.25, 0.3) is 11.8 Å². The van der Waals surface area contributed by atoms with E-state index in [0.29, 0.717) is 5.75 Å². The maximum atomic E-state index is 11.4. The number of amides is 4. The molecule has 2 rings (SSSR count). The highest BCUT2D eigenvalue weighted by molar-refractivity contribution is 6.18. The van der Waals surface area contributed by atoms with Crippen LogP contribution in [0.1, 0.15) is 5.56 Å². The van der Waals surface area contributed by atoms with Crippen molar-refractivity contribution in [2.45, 2.75) is 6.04 Å². The molecule has 104 valence electrons. The first-order chi connectivity index (χ1) is 9.60. The first-order valence-corrected chi connectivity index (χ1v) is 5.68. The van der Waals surface area contributed by atoms with E-state index in [2.05, 4.69) is 10.5 Å². The third kappa shape index (κ3) is 3.10. The first kappa shape index (κ1) is 13.5. The van der Waals surface area contributed by atoms with E-state index >= 15 is 0 Å². The van der Waals surface area contributed by atoms with Gasteiger partial charge in [-0.1, -0.05) is 0 Å². The van der Waals surface area contributed by atoms with Crippen molar-refractivity contribution in [3.05, 3.63) is 29.8 Å². The zero-order chi connectivity index (χ0) is 14.5. The molecule has 1 aromatic rings. The summed E-state index contributed by atoms with van der Waals surface area (Å²) < 4.78 is 5.01. The number of imide groups is 2. The maximum absolute atomic E-state index is 11.4. The molecule has 0 aliphatic carbocycles. The maximum Gasteiger partial charge on any atom is 0.328 e. The average Bonchev–Trinajstić information content (AvgIpc) is 2.42. The van der Waals surface area contributed by atoms with Crippen LogP contribution in [0.15, 0.2) is 29.4 Å². The van der Waals surface area contributed by atoms with E-state index in [0.717, 1.165) is 5.56 Å². The van der Waals surface area contributed by atoms with Gasteiger partial charge in [-0.3, -0.25) is 25.6 Å². The number of barbiturate groups is 1.